The fraction of sp³-hybridized carbons (Fsp3) is 0.467. The third kappa shape index (κ3) is 3.95. The third-order valence-corrected chi connectivity index (χ3v) is 3.26. The molecule has 0 bridgehead atoms. The molecule has 1 aromatic carbocycles. The topological polar surface area (TPSA) is 65.1 Å². The van der Waals surface area contributed by atoms with Crippen LogP contribution in [0.25, 0.3) is 0 Å². The lowest BCUT2D eigenvalue weighted by Gasteiger charge is -2.26. The fourth-order valence-corrected chi connectivity index (χ4v) is 2.07. The van der Waals surface area contributed by atoms with Gasteiger partial charge < -0.3 is 19.1 Å². The van der Waals surface area contributed by atoms with E-state index in [4.69, 9.17) is 14.2 Å². The van der Waals surface area contributed by atoms with Crippen LogP contribution in [0, 0.1) is 6.92 Å². The van der Waals surface area contributed by atoms with E-state index in [0.717, 1.165) is 5.56 Å². The van der Waals surface area contributed by atoms with Crippen molar-refractivity contribution in [3.63, 3.8) is 0 Å². The van der Waals surface area contributed by atoms with Crippen molar-refractivity contribution < 1.29 is 23.8 Å². The molecular formula is C15H19NO5. The molecule has 6 nitrogen and oxygen atoms in total. The summed E-state index contributed by atoms with van der Waals surface area (Å²) in [7, 11) is 1.31. The van der Waals surface area contributed by atoms with Crippen molar-refractivity contribution in [2.24, 2.45) is 0 Å². The highest BCUT2D eigenvalue weighted by Crippen LogP contribution is 2.21. The molecule has 0 aromatic heterocycles. The lowest BCUT2D eigenvalue weighted by molar-refractivity contribution is -0.137. The Bertz CT molecular complexity index is 523. The smallest absolute Gasteiger partial charge is 0.341 e. The largest absolute Gasteiger partial charge is 0.483 e. The van der Waals surface area contributed by atoms with Gasteiger partial charge in [0.15, 0.2) is 6.61 Å². The van der Waals surface area contributed by atoms with Gasteiger partial charge in [-0.25, -0.2) is 4.79 Å². The molecule has 1 amide bonds. The zero-order valence-corrected chi connectivity index (χ0v) is 12.3. The first-order valence-electron chi connectivity index (χ1n) is 6.79. The predicted molar refractivity (Wildman–Crippen MR) is 75.4 cm³/mol. The number of hydrogen-bond acceptors (Lipinski definition) is 5. The molecule has 0 radical (unpaired) electrons. The molecule has 114 valence electrons. The van der Waals surface area contributed by atoms with E-state index in [9.17, 15) is 9.59 Å². The maximum atomic E-state index is 12.0. The second-order valence-corrected chi connectivity index (χ2v) is 4.77. The van der Waals surface area contributed by atoms with Gasteiger partial charge in [0.2, 0.25) is 0 Å². The second-order valence-electron chi connectivity index (χ2n) is 4.77. The number of morpholine rings is 1. The van der Waals surface area contributed by atoms with Crippen molar-refractivity contribution in [1.82, 2.24) is 4.90 Å². The van der Waals surface area contributed by atoms with Crippen molar-refractivity contribution in [3.8, 4) is 5.75 Å². The van der Waals surface area contributed by atoms with Crippen LogP contribution in [0.5, 0.6) is 5.75 Å². The van der Waals surface area contributed by atoms with E-state index in [2.05, 4.69) is 0 Å². The van der Waals surface area contributed by atoms with Gasteiger partial charge in [0.05, 0.1) is 20.3 Å². The Morgan fingerprint density at radius 1 is 1.29 bits per heavy atom. The summed E-state index contributed by atoms with van der Waals surface area (Å²) in [5.41, 5.74) is 1.26. The van der Waals surface area contributed by atoms with Crippen LogP contribution in [-0.4, -0.2) is 56.8 Å². The Kier molecular flexibility index (Phi) is 5.16. The van der Waals surface area contributed by atoms with Crippen LogP contribution in [0.3, 0.4) is 0 Å². The molecule has 0 unspecified atom stereocenters. The maximum Gasteiger partial charge on any atom is 0.341 e. The Hall–Kier alpha value is -2.08. The number of carbonyl (C=O) groups excluding carboxylic acids is 2. The summed E-state index contributed by atoms with van der Waals surface area (Å²) in [5, 5.41) is 0. The number of nitrogens with zero attached hydrogens (tertiary/aromatic N) is 1. The van der Waals surface area contributed by atoms with E-state index in [-0.39, 0.29) is 12.5 Å². The number of esters is 1. The summed E-state index contributed by atoms with van der Waals surface area (Å²) in [6.07, 6.45) is 0. The number of carbonyl (C=O) groups is 2. The Labute approximate surface area is 123 Å². The van der Waals surface area contributed by atoms with Crippen molar-refractivity contribution in [2.45, 2.75) is 6.92 Å². The molecule has 0 saturated carbocycles. The first-order chi connectivity index (χ1) is 10.1. The zero-order chi connectivity index (χ0) is 15.2. The number of rotatable bonds is 4. The summed E-state index contributed by atoms with van der Waals surface area (Å²) >= 11 is 0. The maximum absolute atomic E-state index is 12.0. The number of hydrogen-bond donors (Lipinski definition) is 0. The van der Waals surface area contributed by atoms with Crippen LogP contribution in [0.15, 0.2) is 18.2 Å². The molecule has 1 aliphatic heterocycles. The number of benzene rings is 1. The van der Waals surface area contributed by atoms with Gasteiger partial charge in [-0.05, 0) is 24.6 Å². The lowest BCUT2D eigenvalue weighted by Crippen LogP contribution is -2.43. The van der Waals surface area contributed by atoms with Crippen molar-refractivity contribution in [2.75, 3.05) is 40.0 Å². The minimum absolute atomic E-state index is 0.104. The van der Waals surface area contributed by atoms with Crippen LogP contribution >= 0.6 is 0 Å². The van der Waals surface area contributed by atoms with E-state index in [0.29, 0.717) is 37.6 Å². The minimum Gasteiger partial charge on any atom is -0.483 e. The monoisotopic (exact) mass is 293 g/mol. The van der Waals surface area contributed by atoms with Crippen LogP contribution in [0.2, 0.25) is 0 Å². The van der Waals surface area contributed by atoms with Crippen LogP contribution < -0.4 is 4.74 Å². The molecule has 0 spiro atoms. The first kappa shape index (κ1) is 15.3. The standard InChI is InChI=1S/C15H19NO5/c1-11-3-4-12(15(18)19-2)13(9-11)21-10-14(17)16-5-7-20-8-6-16/h3-4,9H,5-8,10H2,1-2H3. The summed E-state index contributed by atoms with van der Waals surface area (Å²) in [4.78, 5) is 25.4. The van der Waals surface area contributed by atoms with Gasteiger partial charge in [-0.15, -0.1) is 0 Å². The minimum atomic E-state index is -0.483. The Morgan fingerprint density at radius 2 is 2.00 bits per heavy atom. The lowest BCUT2D eigenvalue weighted by atomic mass is 10.1. The van der Waals surface area contributed by atoms with Gasteiger partial charge >= 0.3 is 5.97 Å². The van der Waals surface area contributed by atoms with Crippen molar-refractivity contribution in [1.29, 1.82) is 0 Å². The number of amides is 1. The second kappa shape index (κ2) is 7.08. The van der Waals surface area contributed by atoms with Gasteiger partial charge in [-0.3, -0.25) is 4.79 Å². The highest BCUT2D eigenvalue weighted by Gasteiger charge is 2.19. The molecule has 1 fully saturated rings. The van der Waals surface area contributed by atoms with E-state index in [1.165, 1.54) is 7.11 Å². The highest BCUT2D eigenvalue weighted by molar-refractivity contribution is 5.92. The normalized spacial score (nSPS) is 14.7. The number of methoxy groups -OCH3 is 1. The zero-order valence-electron chi connectivity index (χ0n) is 12.3. The molecule has 2 rings (SSSR count). The number of aryl methyl sites for hydroxylation is 1. The van der Waals surface area contributed by atoms with Gasteiger partial charge in [-0.1, -0.05) is 6.07 Å². The SMILES string of the molecule is COC(=O)c1ccc(C)cc1OCC(=O)N1CCOCC1. The molecule has 6 heteroatoms. The van der Waals surface area contributed by atoms with Crippen molar-refractivity contribution in [3.05, 3.63) is 29.3 Å². The van der Waals surface area contributed by atoms with Crippen LogP contribution in [0.4, 0.5) is 0 Å². The Morgan fingerprint density at radius 3 is 2.67 bits per heavy atom. The molecule has 1 heterocycles. The van der Waals surface area contributed by atoms with E-state index < -0.39 is 5.97 Å². The van der Waals surface area contributed by atoms with E-state index in [1.807, 2.05) is 6.92 Å². The first-order valence-corrected chi connectivity index (χ1v) is 6.79. The van der Waals surface area contributed by atoms with Crippen LogP contribution in [0.1, 0.15) is 15.9 Å². The average molecular weight is 293 g/mol. The predicted octanol–water partition coefficient (Wildman–Crippen LogP) is 1.02. The Balaban J connectivity index is 2.03. The molecule has 1 aliphatic rings. The third-order valence-electron chi connectivity index (χ3n) is 3.26. The fourth-order valence-electron chi connectivity index (χ4n) is 2.07. The molecular weight excluding hydrogens is 274 g/mol. The van der Waals surface area contributed by atoms with Gasteiger partial charge in [0.1, 0.15) is 11.3 Å². The summed E-state index contributed by atoms with van der Waals surface area (Å²) < 4.78 is 15.4. The quantitative estimate of drug-likeness (QED) is 0.775. The molecule has 1 aromatic rings. The summed E-state index contributed by atoms with van der Waals surface area (Å²) in [5.74, 6) is -0.233. The number of ether oxygens (including phenoxy) is 3. The average Bonchev–Trinajstić information content (AvgIpc) is 2.52. The molecule has 0 N–H and O–H groups in total. The molecule has 1 saturated heterocycles. The van der Waals surface area contributed by atoms with Crippen molar-refractivity contribution >= 4 is 11.9 Å². The van der Waals surface area contributed by atoms with E-state index in [1.54, 1.807) is 23.1 Å². The van der Waals surface area contributed by atoms with Gasteiger partial charge in [0, 0.05) is 13.1 Å². The molecule has 0 atom stereocenters. The molecule has 0 aliphatic carbocycles. The summed E-state index contributed by atoms with van der Waals surface area (Å²) in [6.45, 7) is 4.01. The summed E-state index contributed by atoms with van der Waals surface area (Å²) in [6, 6.07) is 5.15. The molecule has 21 heavy (non-hydrogen) atoms. The van der Waals surface area contributed by atoms with Gasteiger partial charge in [-0.2, -0.15) is 0 Å². The van der Waals surface area contributed by atoms with Gasteiger partial charge in [0.25, 0.3) is 5.91 Å². The van der Waals surface area contributed by atoms with Crippen LogP contribution in [-0.2, 0) is 14.3 Å². The highest BCUT2D eigenvalue weighted by atomic mass is 16.5. The van der Waals surface area contributed by atoms with E-state index >= 15 is 0 Å².